The molecule has 0 bridgehead atoms. The fraction of sp³-hybridized carbons (Fsp3) is 0.477. The number of aryl methyl sites for hydroxylation is 1. The van der Waals surface area contributed by atoms with E-state index in [4.69, 9.17) is 15.9 Å². The van der Waals surface area contributed by atoms with Crippen molar-refractivity contribution < 1.29 is 22.9 Å². The van der Waals surface area contributed by atoms with E-state index < -0.39 is 22.8 Å². The summed E-state index contributed by atoms with van der Waals surface area (Å²) in [4.78, 5) is 51.7. The Bertz CT molecular complexity index is 2680. The molecule has 3 fully saturated rings. The standard InChI is InChI=1S/C44H56FN13O5S/c1-28(2)63-40-38(30(20-46)21-47)49-27-57-41(40)51-42(52-57)50-34-11-10-32(19-33(34)45)64(62)56-25-44(26-56)15-6-16-54(24-44)22-29-13-17-55(18-14-29)35-7-5-8-36-39(35)53(4)43(61)58(36)31(23-59)9-12-37(60)48-3/h5,7-8,10-11,19-21,23,27-29,31,46H,6,9,12-18,22,24-26,47H2,1-4H3,(H,48,60)(H,50,52)/b30-21+,46-20?. The van der Waals surface area contributed by atoms with Crippen molar-refractivity contribution in [3.8, 4) is 5.75 Å². The highest BCUT2D eigenvalue weighted by atomic mass is 32.2. The molecular weight excluding hydrogens is 842 g/mol. The van der Waals surface area contributed by atoms with E-state index in [0.29, 0.717) is 46.3 Å². The first-order valence-corrected chi connectivity index (χ1v) is 22.9. The Labute approximate surface area is 372 Å². The van der Waals surface area contributed by atoms with Crippen molar-refractivity contribution in [1.82, 2.24) is 43.2 Å². The molecule has 18 nitrogen and oxygen atoms in total. The minimum Gasteiger partial charge on any atom is -0.485 e. The van der Waals surface area contributed by atoms with Crippen LogP contribution in [0, 0.1) is 22.6 Å². The number of fused-ring (bicyclic) bond motifs is 2. The summed E-state index contributed by atoms with van der Waals surface area (Å²) in [6.45, 7) is 9.69. The third kappa shape index (κ3) is 8.77. The molecule has 3 saturated heterocycles. The van der Waals surface area contributed by atoms with E-state index in [-0.39, 0.29) is 53.3 Å². The van der Waals surface area contributed by atoms with Crippen molar-refractivity contribution in [2.24, 2.45) is 24.1 Å². The van der Waals surface area contributed by atoms with Gasteiger partial charge in [-0.05, 0) is 88.7 Å². The van der Waals surface area contributed by atoms with Gasteiger partial charge in [0.15, 0.2) is 5.75 Å². The van der Waals surface area contributed by atoms with Crippen LogP contribution in [0.5, 0.6) is 5.75 Å². The van der Waals surface area contributed by atoms with Gasteiger partial charge in [-0.15, -0.1) is 5.10 Å². The minimum atomic E-state index is -1.53. The number of para-hydroxylation sites is 1. The summed E-state index contributed by atoms with van der Waals surface area (Å²) < 4.78 is 41.8. The average molecular weight is 898 g/mol. The number of nitrogens with two attached hydrogens (primary N) is 1. The number of ether oxygens (including phenoxy) is 1. The van der Waals surface area contributed by atoms with Gasteiger partial charge < -0.3 is 41.1 Å². The predicted octanol–water partition coefficient (Wildman–Crippen LogP) is 4.00. The average Bonchev–Trinajstić information content (AvgIpc) is 3.81. The Morgan fingerprint density at radius 3 is 2.62 bits per heavy atom. The highest BCUT2D eigenvalue weighted by Crippen LogP contribution is 2.42. The molecule has 3 aromatic heterocycles. The third-order valence-electron chi connectivity index (χ3n) is 12.7. The van der Waals surface area contributed by atoms with Crippen molar-refractivity contribution in [3.05, 3.63) is 70.9 Å². The van der Waals surface area contributed by atoms with Gasteiger partial charge in [-0.25, -0.2) is 22.7 Å². The lowest BCUT2D eigenvalue weighted by Gasteiger charge is -2.54. The van der Waals surface area contributed by atoms with Crippen LogP contribution < -0.4 is 31.7 Å². The number of carbonyl (C=O) groups excluding carboxylic acids is 2. The Hall–Kier alpha value is -5.99. The van der Waals surface area contributed by atoms with Gasteiger partial charge in [-0.1, -0.05) is 6.07 Å². The number of amides is 1. The van der Waals surface area contributed by atoms with Crippen LogP contribution in [0.15, 0.2) is 58.6 Å². The molecule has 2 atom stereocenters. The molecule has 6 heterocycles. The van der Waals surface area contributed by atoms with E-state index in [0.717, 1.165) is 82.1 Å². The molecule has 64 heavy (non-hydrogen) atoms. The molecule has 5 N–H and O–H groups in total. The number of carbonyl (C=O) groups is 2. The summed E-state index contributed by atoms with van der Waals surface area (Å²) in [7, 11) is 1.76. The van der Waals surface area contributed by atoms with Gasteiger partial charge >= 0.3 is 5.69 Å². The normalized spacial score (nSPS) is 18.3. The number of halogens is 1. The van der Waals surface area contributed by atoms with Crippen LogP contribution in [0.3, 0.4) is 0 Å². The summed E-state index contributed by atoms with van der Waals surface area (Å²) in [5.74, 6) is 0.131. The Morgan fingerprint density at radius 1 is 1.16 bits per heavy atom. The summed E-state index contributed by atoms with van der Waals surface area (Å²) in [6, 6.07) is 9.58. The van der Waals surface area contributed by atoms with Gasteiger partial charge in [0.05, 0.1) is 39.4 Å². The maximum atomic E-state index is 15.6. The largest absolute Gasteiger partial charge is 0.485 e. The quantitative estimate of drug-likeness (QED) is 0.0818. The summed E-state index contributed by atoms with van der Waals surface area (Å²) in [5.41, 5.74) is 9.05. The molecule has 0 saturated carbocycles. The van der Waals surface area contributed by atoms with Crippen LogP contribution in [0.1, 0.15) is 64.1 Å². The first-order chi connectivity index (χ1) is 30.8. The molecule has 1 spiro atoms. The zero-order chi connectivity index (χ0) is 45.3. The van der Waals surface area contributed by atoms with Crippen LogP contribution >= 0.6 is 0 Å². The molecule has 3 aliphatic heterocycles. The van der Waals surface area contributed by atoms with Crippen molar-refractivity contribution >= 4 is 69.0 Å². The Kier molecular flexibility index (Phi) is 13.0. The molecule has 1 amide bonds. The smallest absolute Gasteiger partial charge is 0.329 e. The van der Waals surface area contributed by atoms with E-state index in [1.54, 1.807) is 24.7 Å². The number of allylic oxidation sites excluding steroid dienone is 1. The van der Waals surface area contributed by atoms with Crippen molar-refractivity contribution in [2.45, 2.75) is 69.4 Å². The summed E-state index contributed by atoms with van der Waals surface area (Å²) >= 11 is 0. The highest BCUT2D eigenvalue weighted by Gasteiger charge is 2.48. The number of nitrogens with zero attached hydrogens (tertiary/aromatic N) is 9. The maximum Gasteiger partial charge on any atom is 0.329 e. The number of nitrogens with one attached hydrogen (secondary N) is 3. The van der Waals surface area contributed by atoms with Gasteiger partial charge in [-0.2, -0.15) is 9.50 Å². The molecule has 20 heteroatoms. The van der Waals surface area contributed by atoms with Crippen LogP contribution in [0.2, 0.25) is 0 Å². The monoisotopic (exact) mass is 897 g/mol. The Morgan fingerprint density at radius 2 is 1.94 bits per heavy atom. The number of benzene rings is 2. The fourth-order valence-electron chi connectivity index (χ4n) is 9.53. The first-order valence-electron chi connectivity index (χ1n) is 21.8. The number of hydrogen-bond acceptors (Lipinski definition) is 13. The topological polar surface area (TPSA) is 214 Å². The molecule has 8 rings (SSSR count). The van der Waals surface area contributed by atoms with Crippen molar-refractivity contribution in [3.63, 3.8) is 0 Å². The molecule has 0 radical (unpaired) electrons. The second kappa shape index (κ2) is 18.6. The van der Waals surface area contributed by atoms with Crippen LogP contribution in [0.4, 0.5) is 21.7 Å². The summed E-state index contributed by atoms with van der Waals surface area (Å²) in [6.07, 6.45) is 8.79. The van der Waals surface area contributed by atoms with Gasteiger partial charge in [0.25, 0.3) is 0 Å². The number of aldehydes is 1. The zero-order valence-electron chi connectivity index (χ0n) is 36.6. The maximum absolute atomic E-state index is 15.6. The molecule has 3 aliphatic rings. The van der Waals surface area contributed by atoms with Gasteiger partial charge in [-0.3, -0.25) is 13.9 Å². The fourth-order valence-corrected chi connectivity index (χ4v) is 11.0. The van der Waals surface area contributed by atoms with E-state index in [1.807, 2.05) is 36.4 Å². The number of imidazole rings is 1. The van der Waals surface area contributed by atoms with Crippen LogP contribution in [0.25, 0.3) is 22.3 Å². The van der Waals surface area contributed by atoms with E-state index >= 15 is 4.39 Å². The molecule has 2 aromatic carbocycles. The second-order valence-electron chi connectivity index (χ2n) is 17.4. The third-order valence-corrected chi connectivity index (χ3v) is 14.1. The lowest BCUT2D eigenvalue weighted by atomic mass is 9.74. The second-order valence-corrected chi connectivity index (χ2v) is 18.9. The first kappa shape index (κ1) is 44.6. The molecule has 2 unspecified atom stereocenters. The van der Waals surface area contributed by atoms with Gasteiger partial charge in [0.2, 0.25) is 17.5 Å². The van der Waals surface area contributed by atoms with Crippen LogP contribution in [-0.2, 0) is 27.6 Å². The Balaban J connectivity index is 0.860. The lowest BCUT2D eigenvalue weighted by Crippen LogP contribution is -2.63. The molecular formula is C44H56FN13O5S. The van der Waals surface area contributed by atoms with E-state index in [1.165, 1.54) is 33.7 Å². The molecule has 5 aromatic rings. The summed E-state index contributed by atoms with van der Waals surface area (Å²) in [5, 5.41) is 17.6. The number of aromatic nitrogens is 6. The highest BCUT2D eigenvalue weighted by molar-refractivity contribution is 7.82. The van der Waals surface area contributed by atoms with E-state index in [2.05, 4.69) is 35.5 Å². The number of rotatable bonds is 16. The minimum absolute atomic E-state index is 0.0447. The number of likely N-dealkylation sites (tertiary alicyclic amines) is 1. The lowest BCUT2D eigenvalue weighted by molar-refractivity contribution is -0.121. The zero-order valence-corrected chi connectivity index (χ0v) is 37.4. The van der Waals surface area contributed by atoms with Gasteiger partial charge in [0, 0.05) is 83.2 Å². The number of hydrogen-bond donors (Lipinski definition) is 4. The molecule has 0 aliphatic carbocycles. The number of piperidine rings is 2. The van der Waals surface area contributed by atoms with Gasteiger partial charge in [0.1, 0.15) is 35.1 Å². The molecule has 340 valence electrons. The predicted molar refractivity (Wildman–Crippen MR) is 244 cm³/mol. The van der Waals surface area contributed by atoms with Crippen LogP contribution in [-0.4, -0.2) is 120 Å². The van der Waals surface area contributed by atoms with Crippen molar-refractivity contribution in [2.75, 3.05) is 63.1 Å². The number of anilines is 3. The van der Waals surface area contributed by atoms with Crippen molar-refractivity contribution in [1.29, 1.82) is 5.41 Å². The SMILES string of the molecule is CNC(=O)CCC(C=O)n1c(=O)n(C)c2c(N3CCC(CN4CCCC5(C4)CN(S(=O)c4ccc(Nc6nc7c(OC(C)C)c(/C(C=N)=C/N)ncn7n6)c(F)c4)C5)CC3)cccc21. The van der Waals surface area contributed by atoms with E-state index in [9.17, 15) is 18.6 Å².